The quantitative estimate of drug-likeness (QED) is 0.0778. The third kappa shape index (κ3) is 13.6. The molecular weight excluding hydrogens is 1330 g/mol. The molecule has 18 rings (SSSR count). The molecule has 0 bridgehead atoms. The molecule has 1 unspecified atom stereocenters. The molecule has 0 fully saturated rings. The number of rotatable bonds is 18. The van der Waals surface area contributed by atoms with Crippen molar-refractivity contribution in [3.63, 3.8) is 0 Å². The first-order chi connectivity index (χ1) is 54.5. The summed E-state index contributed by atoms with van der Waals surface area (Å²) in [5.74, 6) is 1.53. The smallest absolute Gasteiger partial charge is 0.139 e. The summed E-state index contributed by atoms with van der Waals surface area (Å²) in [6.07, 6.45) is 14.5. The number of hydrogen-bond donors (Lipinski definition) is 0. The van der Waals surface area contributed by atoms with Crippen molar-refractivity contribution < 1.29 is 4.74 Å². The largest absolute Gasteiger partial charge is 0.456 e. The van der Waals surface area contributed by atoms with Gasteiger partial charge in [0.15, 0.2) is 0 Å². The van der Waals surface area contributed by atoms with Crippen LogP contribution in [0.5, 0.6) is 11.5 Å². The topological polar surface area (TPSA) is 9.23 Å². The highest BCUT2D eigenvalue weighted by Gasteiger charge is 2.53. The van der Waals surface area contributed by atoms with Crippen LogP contribution in [0.4, 0.5) is 0 Å². The van der Waals surface area contributed by atoms with Gasteiger partial charge in [-0.05, 0) is 229 Å². The molecule has 1 nitrogen and oxygen atoms in total. The lowest BCUT2D eigenvalue weighted by atomic mass is 9.64. The zero-order valence-corrected chi connectivity index (χ0v) is 60.8. The first-order valence-corrected chi connectivity index (χ1v) is 37.8. The molecular formula is C109H76O. The van der Waals surface area contributed by atoms with E-state index in [2.05, 4.69) is 461 Å². The van der Waals surface area contributed by atoms with Crippen LogP contribution in [0.3, 0.4) is 0 Å². The average molecular weight is 1400 g/mol. The highest BCUT2D eigenvalue weighted by Crippen LogP contribution is 2.65. The minimum atomic E-state index is -1.14. The Labute approximate surface area is 645 Å². The molecule has 1 atom stereocenters. The molecule has 0 saturated carbocycles. The van der Waals surface area contributed by atoms with Gasteiger partial charge in [0.1, 0.15) is 11.5 Å². The predicted octanol–water partition coefficient (Wildman–Crippen LogP) is 27.7. The van der Waals surface area contributed by atoms with E-state index in [0.717, 1.165) is 178 Å². The van der Waals surface area contributed by atoms with Crippen LogP contribution in [0, 0.1) is 0 Å². The van der Waals surface area contributed by atoms with Crippen LogP contribution in [0.25, 0.3) is 81.0 Å². The molecule has 0 amide bonds. The van der Waals surface area contributed by atoms with Gasteiger partial charge in [0.25, 0.3) is 0 Å². The van der Waals surface area contributed by atoms with Crippen molar-refractivity contribution in [1.82, 2.24) is 0 Å². The lowest BCUT2D eigenvalue weighted by Crippen LogP contribution is -2.33. The van der Waals surface area contributed by atoms with E-state index < -0.39 is 5.41 Å². The van der Waals surface area contributed by atoms with E-state index in [-0.39, 0.29) is 0 Å². The van der Waals surface area contributed by atoms with E-state index in [0.29, 0.717) is 0 Å². The maximum absolute atomic E-state index is 8.07. The lowest BCUT2D eigenvalue weighted by Gasteiger charge is -2.41. The van der Waals surface area contributed by atoms with Gasteiger partial charge in [-0.15, -0.1) is 0 Å². The van der Waals surface area contributed by atoms with Gasteiger partial charge < -0.3 is 4.74 Å². The summed E-state index contributed by atoms with van der Waals surface area (Å²) in [4.78, 5) is 0. The van der Waals surface area contributed by atoms with E-state index in [9.17, 15) is 0 Å². The summed E-state index contributed by atoms with van der Waals surface area (Å²) in [5, 5.41) is 0. The Balaban J connectivity index is 1.05. The van der Waals surface area contributed by atoms with Gasteiger partial charge in [-0.2, -0.15) is 0 Å². The molecule has 0 aromatic heterocycles. The first-order valence-electron chi connectivity index (χ1n) is 37.8. The summed E-state index contributed by atoms with van der Waals surface area (Å²) in [6, 6.07) is 154. The molecule has 1 aliphatic carbocycles. The predicted molar refractivity (Wildman–Crippen MR) is 463 cm³/mol. The Morgan fingerprint density at radius 2 is 0.427 bits per heavy atom. The fraction of sp³-hybridized carbons (Fsp3) is 0.00917. The summed E-state index contributed by atoms with van der Waals surface area (Å²) in [5.41, 5.74) is 31.6. The van der Waals surface area contributed by atoms with E-state index in [1.54, 1.807) is 0 Å². The third-order valence-corrected chi connectivity index (χ3v) is 21.3. The SMILES string of the molecule is C(=C(c1ccccc1)c1ccccc1)c1ccc2c(c1)C1(c3cc(C=C(c4ccccc4)c4ccccc4)ccc3-c3c(C=C(c4ccccc4)c4ccccc4)cc(C=C(c4ccccc4)c4ccccc4)cc31)c1cc(C=C(c3ccccc3)c3ccccc3)cc(C=C(c3ccccc3)c3ccccc3)c1O2. The van der Waals surface area contributed by atoms with Crippen molar-refractivity contribution in [2.24, 2.45) is 0 Å². The fourth-order valence-electron chi connectivity index (χ4n) is 16.3. The maximum Gasteiger partial charge on any atom is 0.139 e. The highest BCUT2D eigenvalue weighted by atomic mass is 16.5. The van der Waals surface area contributed by atoms with Crippen LogP contribution >= 0.6 is 0 Å². The van der Waals surface area contributed by atoms with E-state index >= 15 is 0 Å². The highest BCUT2D eigenvalue weighted by molar-refractivity contribution is 6.04. The van der Waals surface area contributed by atoms with Gasteiger partial charge in [0.2, 0.25) is 0 Å². The summed E-state index contributed by atoms with van der Waals surface area (Å²) < 4.78 is 8.07. The molecule has 16 aromatic carbocycles. The normalized spacial score (nSPS) is 12.7. The minimum Gasteiger partial charge on any atom is -0.456 e. The van der Waals surface area contributed by atoms with E-state index in [4.69, 9.17) is 4.74 Å². The Morgan fingerprint density at radius 1 is 0.191 bits per heavy atom. The standard InChI is InChI=1S/C109H76O/c1-13-37-81(38-14-1)96(82-39-15-2-16-40-82)67-77-61-63-95-102(71-77)109(104-73-79(69-98(85-45-21-5-22-46-85)86-47-23-6-24-48-86)65-93(107(95)104)75-100(89-53-29-9-30-54-89)90-55-31-10-32-56-90)103-72-78(68-97(83-41-17-3-18-42-83)84-43-19-4-20-44-84)62-64-106(103)110-108-94(76-101(91-57-33-11-34-58-91)92-59-35-12-36-60-92)66-80(74-105(108)109)70-99(87-49-25-7-26-50-87)88-51-27-8-28-52-88/h1-76H. The van der Waals surface area contributed by atoms with Crippen molar-refractivity contribution in [3.05, 3.63) is 547 Å². The second-order valence-corrected chi connectivity index (χ2v) is 28.2. The van der Waals surface area contributed by atoms with Crippen LogP contribution in [0.2, 0.25) is 0 Å². The summed E-state index contributed by atoms with van der Waals surface area (Å²) in [6.45, 7) is 0. The summed E-state index contributed by atoms with van der Waals surface area (Å²) >= 11 is 0. The van der Waals surface area contributed by atoms with Crippen LogP contribution in [-0.2, 0) is 5.41 Å². The molecule has 2 aliphatic rings. The molecule has 0 radical (unpaired) electrons. The molecule has 518 valence electrons. The molecule has 1 heteroatoms. The van der Waals surface area contributed by atoms with E-state index in [1.165, 1.54) is 0 Å². The third-order valence-electron chi connectivity index (χ3n) is 21.3. The van der Waals surface area contributed by atoms with Crippen LogP contribution in [0.15, 0.2) is 425 Å². The van der Waals surface area contributed by atoms with Gasteiger partial charge in [0, 0.05) is 16.7 Å². The number of fused-ring (bicyclic) bond motifs is 9. The fourth-order valence-corrected chi connectivity index (χ4v) is 16.3. The van der Waals surface area contributed by atoms with Gasteiger partial charge in [-0.3, -0.25) is 0 Å². The lowest BCUT2D eigenvalue weighted by molar-refractivity contribution is 0.435. The monoisotopic (exact) mass is 1400 g/mol. The van der Waals surface area contributed by atoms with Crippen molar-refractivity contribution in [2.75, 3.05) is 0 Å². The minimum absolute atomic E-state index is 0.763. The molecule has 1 aliphatic heterocycles. The first kappa shape index (κ1) is 67.6. The Kier molecular flexibility index (Phi) is 18.9. The average Bonchev–Trinajstić information content (AvgIpc) is 1.48. The Hall–Kier alpha value is -14.2. The van der Waals surface area contributed by atoms with Gasteiger partial charge in [0.05, 0.1) is 5.41 Å². The van der Waals surface area contributed by atoms with Crippen LogP contribution in [-0.4, -0.2) is 0 Å². The zero-order chi connectivity index (χ0) is 73.4. The number of hydrogen-bond acceptors (Lipinski definition) is 1. The van der Waals surface area contributed by atoms with Gasteiger partial charge in [-0.25, -0.2) is 0 Å². The van der Waals surface area contributed by atoms with Crippen molar-refractivity contribution in [2.45, 2.75) is 5.41 Å². The van der Waals surface area contributed by atoms with Gasteiger partial charge >= 0.3 is 0 Å². The maximum atomic E-state index is 8.07. The second kappa shape index (κ2) is 30.7. The molecule has 0 N–H and O–H groups in total. The van der Waals surface area contributed by atoms with Crippen molar-refractivity contribution >= 4 is 69.9 Å². The molecule has 0 saturated heterocycles. The number of benzene rings is 16. The molecule has 1 heterocycles. The summed E-state index contributed by atoms with van der Waals surface area (Å²) in [7, 11) is 0. The van der Waals surface area contributed by atoms with E-state index in [1.807, 2.05) is 0 Å². The molecule has 1 spiro atoms. The Bertz CT molecular complexity index is 5920. The van der Waals surface area contributed by atoms with Crippen LogP contribution < -0.4 is 4.74 Å². The Morgan fingerprint density at radius 3 is 0.736 bits per heavy atom. The van der Waals surface area contributed by atoms with Gasteiger partial charge in [-0.1, -0.05) is 382 Å². The molecule has 110 heavy (non-hydrogen) atoms. The second-order valence-electron chi connectivity index (χ2n) is 28.2. The van der Waals surface area contributed by atoms with Crippen molar-refractivity contribution in [1.29, 1.82) is 0 Å². The van der Waals surface area contributed by atoms with Crippen LogP contribution in [0.1, 0.15) is 122 Å². The zero-order valence-electron chi connectivity index (χ0n) is 60.8. The molecule has 16 aromatic rings. The number of ether oxygens (including phenoxy) is 1. The van der Waals surface area contributed by atoms with Crippen molar-refractivity contribution in [3.8, 4) is 22.6 Å².